The first-order chi connectivity index (χ1) is 7.65. The maximum absolute atomic E-state index is 11.0. The van der Waals surface area contributed by atoms with E-state index in [2.05, 4.69) is 10.0 Å². The number of carbonyl (C=O) groups excluding carboxylic acids is 1. The van der Waals surface area contributed by atoms with Crippen molar-refractivity contribution >= 4 is 11.9 Å². The summed E-state index contributed by atoms with van der Waals surface area (Å²) in [6, 6.07) is 4.76. The van der Waals surface area contributed by atoms with Crippen molar-refractivity contribution in [2.45, 2.75) is 6.92 Å². The number of phenolic OH excluding ortho intramolecular Hbond substituents is 1. The van der Waals surface area contributed by atoms with E-state index in [1.165, 1.54) is 13.0 Å². The molecule has 1 N–H and O–H groups in total. The Morgan fingerprint density at radius 2 is 2.38 bits per heavy atom. The van der Waals surface area contributed by atoms with Crippen molar-refractivity contribution in [2.75, 3.05) is 6.54 Å². The van der Waals surface area contributed by atoms with Crippen molar-refractivity contribution < 1.29 is 9.90 Å². The van der Waals surface area contributed by atoms with Crippen molar-refractivity contribution in [3.63, 3.8) is 0 Å². The molecule has 0 unspecified atom stereocenters. The Labute approximate surface area is 92.7 Å². The molecule has 0 heterocycles. The van der Waals surface area contributed by atoms with Gasteiger partial charge in [-0.3, -0.25) is 4.79 Å². The molecule has 5 heteroatoms. The van der Waals surface area contributed by atoms with Crippen LogP contribution in [0.4, 0.5) is 0 Å². The van der Waals surface area contributed by atoms with Crippen LogP contribution in [-0.4, -0.2) is 17.4 Å². The maximum atomic E-state index is 11.0. The van der Waals surface area contributed by atoms with Crippen LogP contribution in [0, 0.1) is 0 Å². The molecule has 0 spiro atoms. The van der Waals surface area contributed by atoms with E-state index in [1.54, 1.807) is 24.3 Å². The number of hydrogen-bond acceptors (Lipinski definition) is 3. The van der Waals surface area contributed by atoms with Crippen LogP contribution in [0.3, 0.4) is 0 Å². The summed E-state index contributed by atoms with van der Waals surface area (Å²) < 4.78 is 0. The highest BCUT2D eigenvalue weighted by Crippen LogP contribution is 2.19. The second-order valence-corrected chi connectivity index (χ2v) is 3.15. The van der Waals surface area contributed by atoms with Gasteiger partial charge in [0.25, 0.3) is 0 Å². The quantitative estimate of drug-likeness (QED) is 0.364. The van der Waals surface area contributed by atoms with E-state index in [9.17, 15) is 9.90 Å². The average molecular weight is 217 g/mol. The summed E-state index contributed by atoms with van der Waals surface area (Å²) in [6.07, 6.45) is 3.38. The molecule has 0 aliphatic heterocycles. The number of azide groups is 1. The molecule has 0 aliphatic carbocycles. The first-order valence-electron chi connectivity index (χ1n) is 4.66. The van der Waals surface area contributed by atoms with Crippen molar-refractivity contribution in [3.05, 3.63) is 45.8 Å². The predicted octanol–water partition coefficient (Wildman–Crippen LogP) is 2.92. The van der Waals surface area contributed by atoms with Gasteiger partial charge in [0.05, 0.1) is 5.56 Å². The van der Waals surface area contributed by atoms with Gasteiger partial charge in [-0.2, -0.15) is 0 Å². The Morgan fingerprint density at radius 3 is 2.94 bits per heavy atom. The van der Waals surface area contributed by atoms with Gasteiger partial charge in [-0.15, -0.1) is 0 Å². The van der Waals surface area contributed by atoms with Gasteiger partial charge in [-0.25, -0.2) is 0 Å². The third kappa shape index (κ3) is 3.15. The van der Waals surface area contributed by atoms with E-state index >= 15 is 0 Å². The fourth-order valence-corrected chi connectivity index (χ4v) is 1.22. The van der Waals surface area contributed by atoms with E-state index in [0.717, 1.165) is 5.56 Å². The maximum Gasteiger partial charge on any atom is 0.163 e. The molecule has 0 fully saturated rings. The van der Waals surface area contributed by atoms with Crippen LogP contribution in [0.5, 0.6) is 5.75 Å². The number of nitrogens with zero attached hydrogens (tertiary/aromatic N) is 3. The lowest BCUT2D eigenvalue weighted by Gasteiger charge is -2.01. The molecule has 82 valence electrons. The van der Waals surface area contributed by atoms with Gasteiger partial charge in [-0.1, -0.05) is 23.3 Å². The largest absolute Gasteiger partial charge is 0.507 e. The molecule has 5 nitrogen and oxygen atoms in total. The lowest BCUT2D eigenvalue weighted by molar-refractivity contribution is 0.101. The second kappa shape index (κ2) is 5.58. The number of rotatable bonds is 4. The van der Waals surface area contributed by atoms with Crippen molar-refractivity contribution in [1.82, 2.24) is 0 Å². The van der Waals surface area contributed by atoms with Gasteiger partial charge < -0.3 is 5.11 Å². The van der Waals surface area contributed by atoms with Gasteiger partial charge in [-0.05, 0) is 30.2 Å². The number of ketones is 1. The predicted molar refractivity (Wildman–Crippen MR) is 61.2 cm³/mol. The molecular formula is C11H11N3O2. The van der Waals surface area contributed by atoms with E-state index in [1.807, 2.05) is 0 Å². The first kappa shape index (κ1) is 11.8. The summed E-state index contributed by atoms with van der Waals surface area (Å²) in [6.45, 7) is 1.65. The minimum Gasteiger partial charge on any atom is -0.507 e. The zero-order valence-electron chi connectivity index (χ0n) is 8.79. The van der Waals surface area contributed by atoms with E-state index < -0.39 is 0 Å². The Bertz CT molecular complexity index is 474. The van der Waals surface area contributed by atoms with Gasteiger partial charge in [0.15, 0.2) is 5.78 Å². The second-order valence-electron chi connectivity index (χ2n) is 3.15. The standard InChI is InChI=1S/C11H11N3O2/c1-8(15)10-5-4-9(7-11(10)16)3-2-6-13-14-12/h2-5,7,16H,6H2,1H3. The summed E-state index contributed by atoms with van der Waals surface area (Å²) in [4.78, 5) is 13.6. The minimum atomic E-state index is -0.179. The molecule has 0 bridgehead atoms. The van der Waals surface area contributed by atoms with Gasteiger partial charge in [0.2, 0.25) is 0 Å². The van der Waals surface area contributed by atoms with Crippen molar-refractivity contribution in [2.24, 2.45) is 5.11 Å². The van der Waals surface area contributed by atoms with Gasteiger partial charge in [0.1, 0.15) is 5.75 Å². The highest BCUT2D eigenvalue weighted by atomic mass is 16.3. The normalized spacial score (nSPS) is 10.1. The highest BCUT2D eigenvalue weighted by molar-refractivity contribution is 5.96. The lowest BCUT2D eigenvalue weighted by atomic mass is 10.1. The number of phenols is 1. The Morgan fingerprint density at radius 1 is 1.62 bits per heavy atom. The molecule has 0 aromatic heterocycles. The fraction of sp³-hybridized carbons (Fsp3) is 0.182. The number of benzene rings is 1. The zero-order valence-corrected chi connectivity index (χ0v) is 8.79. The summed E-state index contributed by atoms with van der Waals surface area (Å²) in [5.41, 5.74) is 9.10. The smallest absolute Gasteiger partial charge is 0.163 e. The molecule has 0 saturated heterocycles. The number of carbonyl (C=O) groups is 1. The lowest BCUT2D eigenvalue weighted by Crippen LogP contribution is -1.92. The van der Waals surface area contributed by atoms with Crippen LogP contribution >= 0.6 is 0 Å². The topological polar surface area (TPSA) is 86.1 Å². The molecule has 1 aromatic carbocycles. The Balaban J connectivity index is 2.85. The molecule has 0 radical (unpaired) electrons. The summed E-state index contributed by atoms with van der Waals surface area (Å²) >= 11 is 0. The third-order valence-corrected chi connectivity index (χ3v) is 1.96. The molecule has 0 aliphatic rings. The number of Topliss-reactive ketones (excluding diaryl/α,β-unsaturated/α-hetero) is 1. The highest BCUT2D eigenvalue weighted by Gasteiger charge is 2.05. The van der Waals surface area contributed by atoms with E-state index in [4.69, 9.17) is 5.53 Å². The van der Waals surface area contributed by atoms with Crippen LogP contribution in [-0.2, 0) is 0 Å². The number of hydrogen-bond donors (Lipinski definition) is 1. The van der Waals surface area contributed by atoms with Crippen LogP contribution in [0.1, 0.15) is 22.8 Å². The van der Waals surface area contributed by atoms with Crippen LogP contribution < -0.4 is 0 Å². The third-order valence-electron chi connectivity index (χ3n) is 1.96. The molecule has 1 rings (SSSR count). The van der Waals surface area contributed by atoms with Gasteiger partial charge in [0, 0.05) is 11.5 Å². The fourth-order valence-electron chi connectivity index (χ4n) is 1.22. The molecule has 1 aromatic rings. The van der Waals surface area contributed by atoms with E-state index in [0.29, 0.717) is 5.56 Å². The van der Waals surface area contributed by atoms with Crippen LogP contribution in [0.25, 0.3) is 16.5 Å². The monoisotopic (exact) mass is 217 g/mol. The molecule has 0 amide bonds. The Hall–Kier alpha value is -2.26. The van der Waals surface area contributed by atoms with Crippen LogP contribution in [0.2, 0.25) is 0 Å². The summed E-state index contributed by atoms with van der Waals surface area (Å²) in [5.74, 6) is -0.222. The summed E-state index contributed by atoms with van der Waals surface area (Å²) in [7, 11) is 0. The van der Waals surface area contributed by atoms with Crippen molar-refractivity contribution in [3.8, 4) is 5.75 Å². The molecule has 0 saturated carbocycles. The van der Waals surface area contributed by atoms with E-state index in [-0.39, 0.29) is 18.1 Å². The average Bonchev–Trinajstić information content (AvgIpc) is 2.24. The van der Waals surface area contributed by atoms with Crippen LogP contribution in [0.15, 0.2) is 29.4 Å². The Kier molecular flexibility index (Phi) is 4.12. The zero-order chi connectivity index (χ0) is 12.0. The summed E-state index contributed by atoms with van der Waals surface area (Å²) in [5, 5.41) is 12.9. The molecule has 0 atom stereocenters. The number of aromatic hydroxyl groups is 1. The first-order valence-corrected chi connectivity index (χ1v) is 4.66. The molecular weight excluding hydrogens is 206 g/mol. The molecule has 16 heavy (non-hydrogen) atoms. The SMILES string of the molecule is CC(=O)c1ccc(C=CCN=[N+]=[N-])cc1O. The van der Waals surface area contributed by atoms with Crippen molar-refractivity contribution in [1.29, 1.82) is 0 Å². The minimum absolute atomic E-state index is 0.0431. The van der Waals surface area contributed by atoms with Gasteiger partial charge >= 0.3 is 0 Å².